The van der Waals surface area contributed by atoms with E-state index in [9.17, 15) is 13.2 Å². The van der Waals surface area contributed by atoms with Crippen LogP contribution in [-0.4, -0.2) is 28.0 Å². The summed E-state index contributed by atoms with van der Waals surface area (Å²) in [6.07, 6.45) is 0.707. The third kappa shape index (κ3) is 4.30. The SMILES string of the molecule is CCC(N)c1cccc(S(=O)(=O)NCC(=O)OC)c1. The van der Waals surface area contributed by atoms with Gasteiger partial charge in [-0.15, -0.1) is 0 Å². The molecule has 1 rings (SSSR count). The number of methoxy groups -OCH3 is 1. The monoisotopic (exact) mass is 286 g/mol. The molecule has 106 valence electrons. The number of nitrogens with two attached hydrogens (primary N) is 1. The van der Waals surface area contributed by atoms with Gasteiger partial charge in [0.1, 0.15) is 6.54 Å². The number of sulfonamides is 1. The maximum Gasteiger partial charge on any atom is 0.320 e. The maximum atomic E-state index is 12.0. The van der Waals surface area contributed by atoms with Crippen molar-refractivity contribution in [3.8, 4) is 0 Å². The van der Waals surface area contributed by atoms with Gasteiger partial charge < -0.3 is 10.5 Å². The first-order valence-electron chi connectivity index (χ1n) is 5.82. The minimum absolute atomic E-state index is 0.0813. The second kappa shape index (κ2) is 6.65. The Morgan fingerprint density at radius 3 is 2.74 bits per heavy atom. The summed E-state index contributed by atoms with van der Waals surface area (Å²) in [5.74, 6) is -0.648. The highest BCUT2D eigenvalue weighted by Crippen LogP contribution is 2.18. The molecule has 0 amide bonds. The highest BCUT2D eigenvalue weighted by Gasteiger charge is 2.17. The fourth-order valence-corrected chi connectivity index (χ4v) is 2.48. The van der Waals surface area contributed by atoms with Crippen LogP contribution >= 0.6 is 0 Å². The van der Waals surface area contributed by atoms with Crippen molar-refractivity contribution in [3.05, 3.63) is 29.8 Å². The van der Waals surface area contributed by atoms with Crippen molar-refractivity contribution in [1.82, 2.24) is 4.72 Å². The van der Waals surface area contributed by atoms with Gasteiger partial charge in [0.15, 0.2) is 0 Å². The molecule has 0 aliphatic carbocycles. The lowest BCUT2D eigenvalue weighted by molar-refractivity contribution is -0.139. The van der Waals surface area contributed by atoms with Crippen molar-refractivity contribution >= 4 is 16.0 Å². The van der Waals surface area contributed by atoms with E-state index in [0.717, 1.165) is 5.56 Å². The van der Waals surface area contributed by atoms with Crippen LogP contribution in [0.4, 0.5) is 0 Å². The number of carbonyl (C=O) groups is 1. The molecule has 0 heterocycles. The minimum atomic E-state index is -3.74. The van der Waals surface area contributed by atoms with Crippen LogP contribution in [0.2, 0.25) is 0 Å². The molecule has 0 aromatic heterocycles. The molecule has 0 bridgehead atoms. The van der Waals surface area contributed by atoms with Gasteiger partial charge in [-0.2, -0.15) is 4.72 Å². The van der Waals surface area contributed by atoms with E-state index in [1.807, 2.05) is 6.92 Å². The molecule has 0 saturated carbocycles. The molecule has 3 N–H and O–H groups in total. The summed E-state index contributed by atoms with van der Waals surface area (Å²) in [6, 6.07) is 6.14. The molecular weight excluding hydrogens is 268 g/mol. The summed E-state index contributed by atoms with van der Waals surface area (Å²) in [6.45, 7) is 1.52. The molecular formula is C12H18N2O4S. The standard InChI is InChI=1S/C12H18N2O4S/c1-3-11(13)9-5-4-6-10(7-9)19(16,17)14-8-12(15)18-2/h4-7,11,14H,3,8,13H2,1-2H3. The molecule has 0 spiro atoms. The zero-order chi connectivity index (χ0) is 14.5. The molecule has 1 atom stereocenters. The van der Waals surface area contributed by atoms with E-state index in [2.05, 4.69) is 9.46 Å². The number of hydrogen-bond donors (Lipinski definition) is 2. The van der Waals surface area contributed by atoms with Crippen LogP contribution in [0.25, 0.3) is 0 Å². The van der Waals surface area contributed by atoms with Crippen molar-refractivity contribution in [2.75, 3.05) is 13.7 Å². The number of ether oxygens (including phenoxy) is 1. The number of hydrogen-bond acceptors (Lipinski definition) is 5. The third-order valence-corrected chi connectivity index (χ3v) is 4.07. The Kier molecular flexibility index (Phi) is 5.46. The van der Waals surface area contributed by atoms with Crippen LogP contribution < -0.4 is 10.5 Å². The van der Waals surface area contributed by atoms with Crippen molar-refractivity contribution in [1.29, 1.82) is 0 Å². The minimum Gasteiger partial charge on any atom is -0.468 e. The summed E-state index contributed by atoms with van der Waals surface area (Å²) in [4.78, 5) is 11.0. The Morgan fingerprint density at radius 2 is 2.16 bits per heavy atom. The van der Waals surface area contributed by atoms with Crippen molar-refractivity contribution < 1.29 is 17.9 Å². The van der Waals surface area contributed by atoms with Crippen LogP contribution in [0.3, 0.4) is 0 Å². The molecule has 6 nitrogen and oxygen atoms in total. The Bertz CT molecular complexity index is 542. The average molecular weight is 286 g/mol. The van der Waals surface area contributed by atoms with Gasteiger partial charge in [0.25, 0.3) is 0 Å². The predicted octanol–water partition coefficient (Wildman–Crippen LogP) is 0.548. The summed E-state index contributed by atoms with van der Waals surface area (Å²) in [5.41, 5.74) is 6.60. The van der Waals surface area contributed by atoms with Gasteiger partial charge in [-0.25, -0.2) is 8.42 Å². The van der Waals surface area contributed by atoms with E-state index >= 15 is 0 Å². The van der Waals surface area contributed by atoms with Crippen molar-refractivity contribution in [2.24, 2.45) is 5.73 Å². The summed E-state index contributed by atoms with van der Waals surface area (Å²) >= 11 is 0. The van der Waals surface area contributed by atoms with E-state index in [1.54, 1.807) is 12.1 Å². The predicted molar refractivity (Wildman–Crippen MR) is 70.9 cm³/mol. The van der Waals surface area contributed by atoms with Gasteiger partial charge in [0, 0.05) is 6.04 Å². The molecule has 0 fully saturated rings. The maximum absolute atomic E-state index is 12.0. The lowest BCUT2D eigenvalue weighted by atomic mass is 10.1. The van der Waals surface area contributed by atoms with Crippen LogP contribution in [-0.2, 0) is 19.6 Å². The van der Waals surface area contributed by atoms with Gasteiger partial charge in [-0.05, 0) is 24.1 Å². The third-order valence-electron chi connectivity index (χ3n) is 2.67. The summed E-state index contributed by atoms with van der Waals surface area (Å²) in [7, 11) is -2.54. The topological polar surface area (TPSA) is 98.5 Å². The summed E-state index contributed by atoms with van der Waals surface area (Å²) in [5, 5.41) is 0. The van der Waals surface area contributed by atoms with Gasteiger partial charge in [0.05, 0.1) is 12.0 Å². The normalized spacial score (nSPS) is 13.0. The van der Waals surface area contributed by atoms with Crippen LogP contribution in [0.1, 0.15) is 24.9 Å². The Morgan fingerprint density at radius 1 is 1.47 bits per heavy atom. The van der Waals surface area contributed by atoms with E-state index in [-0.39, 0.29) is 10.9 Å². The Labute approximate surface area is 113 Å². The van der Waals surface area contributed by atoms with Gasteiger partial charge in [-0.1, -0.05) is 19.1 Å². The van der Waals surface area contributed by atoms with Crippen LogP contribution in [0, 0.1) is 0 Å². The fourth-order valence-electron chi connectivity index (χ4n) is 1.46. The van der Waals surface area contributed by atoms with Gasteiger partial charge in [0.2, 0.25) is 10.0 Å². The number of carbonyl (C=O) groups excluding carboxylic acids is 1. The lowest BCUT2D eigenvalue weighted by Crippen LogP contribution is -2.30. The molecule has 1 aromatic rings. The van der Waals surface area contributed by atoms with Crippen LogP contribution in [0.5, 0.6) is 0 Å². The van der Waals surface area contributed by atoms with Crippen molar-refractivity contribution in [3.63, 3.8) is 0 Å². The molecule has 7 heteroatoms. The highest BCUT2D eigenvalue weighted by atomic mass is 32.2. The number of rotatable bonds is 6. The molecule has 1 unspecified atom stereocenters. The molecule has 0 saturated heterocycles. The smallest absolute Gasteiger partial charge is 0.320 e. The zero-order valence-corrected chi connectivity index (χ0v) is 11.7. The van der Waals surface area contributed by atoms with Gasteiger partial charge in [-0.3, -0.25) is 4.79 Å². The second-order valence-corrected chi connectivity index (χ2v) is 5.75. The van der Waals surface area contributed by atoms with Crippen molar-refractivity contribution in [2.45, 2.75) is 24.3 Å². The van der Waals surface area contributed by atoms with E-state index in [4.69, 9.17) is 5.73 Å². The summed E-state index contributed by atoms with van der Waals surface area (Å²) < 4.78 is 30.5. The van der Waals surface area contributed by atoms with E-state index in [0.29, 0.717) is 6.42 Å². The van der Waals surface area contributed by atoms with E-state index in [1.165, 1.54) is 19.2 Å². The van der Waals surface area contributed by atoms with Crippen LogP contribution in [0.15, 0.2) is 29.2 Å². The first kappa shape index (κ1) is 15.6. The Balaban J connectivity index is 2.92. The van der Waals surface area contributed by atoms with Gasteiger partial charge >= 0.3 is 5.97 Å². The number of nitrogens with one attached hydrogen (secondary N) is 1. The zero-order valence-electron chi connectivity index (χ0n) is 10.9. The largest absolute Gasteiger partial charge is 0.468 e. The highest BCUT2D eigenvalue weighted by molar-refractivity contribution is 7.89. The molecule has 1 aromatic carbocycles. The number of esters is 1. The Hall–Kier alpha value is -1.44. The second-order valence-electron chi connectivity index (χ2n) is 3.99. The first-order chi connectivity index (χ1) is 8.90. The van der Waals surface area contributed by atoms with E-state index < -0.39 is 22.5 Å². The first-order valence-corrected chi connectivity index (χ1v) is 7.31. The molecule has 0 radical (unpaired) electrons. The molecule has 0 aliphatic heterocycles. The lowest BCUT2D eigenvalue weighted by Gasteiger charge is -2.11. The fraction of sp³-hybridized carbons (Fsp3) is 0.417. The quantitative estimate of drug-likeness (QED) is 0.744. The molecule has 0 aliphatic rings. The molecule has 19 heavy (non-hydrogen) atoms. The average Bonchev–Trinajstić information content (AvgIpc) is 2.44. The number of benzene rings is 1.